The van der Waals surface area contributed by atoms with Crippen LogP contribution in [0.3, 0.4) is 0 Å². The number of hydrogen-bond acceptors (Lipinski definition) is 5. The number of nitrogens with one attached hydrogen (secondary N) is 2. The molecule has 4 bridgehead atoms. The number of carbonyl (C=O) groups excluding carboxylic acids is 1. The lowest BCUT2D eigenvalue weighted by molar-refractivity contribution is -0.00527. The Balaban J connectivity index is 1.04. The number of nitrogens with zero attached hydrogens (tertiary/aromatic N) is 3. The second-order valence-electron chi connectivity index (χ2n) is 12.5. The Bertz CT molecular complexity index is 1340. The van der Waals surface area contributed by atoms with Gasteiger partial charge in [0, 0.05) is 29.6 Å². The molecule has 190 valence electrons. The normalized spacial score (nSPS) is 37.3. The molecule has 1 saturated heterocycles. The van der Waals surface area contributed by atoms with Crippen LogP contribution in [0.15, 0.2) is 59.0 Å². The van der Waals surface area contributed by atoms with Gasteiger partial charge in [-0.3, -0.25) is 9.89 Å². The Morgan fingerprint density at radius 3 is 2.51 bits per heavy atom. The average molecular weight is 512 g/mol. The number of aliphatic imine (C=N–C) groups is 1. The van der Waals surface area contributed by atoms with Gasteiger partial charge in [-0.15, -0.1) is 11.3 Å². The summed E-state index contributed by atoms with van der Waals surface area (Å²) in [5, 5.41) is 7.70. The van der Waals surface area contributed by atoms with Crippen LogP contribution in [0.1, 0.15) is 68.5 Å². The molecule has 2 atom stereocenters. The van der Waals surface area contributed by atoms with Crippen LogP contribution in [0.4, 0.5) is 4.79 Å². The lowest BCUT2D eigenvalue weighted by Crippen LogP contribution is -2.48. The Hall–Kier alpha value is -2.93. The van der Waals surface area contributed by atoms with E-state index in [-0.39, 0.29) is 17.6 Å². The van der Waals surface area contributed by atoms with Crippen LogP contribution >= 0.6 is 11.3 Å². The van der Waals surface area contributed by atoms with Gasteiger partial charge in [0.15, 0.2) is 0 Å². The van der Waals surface area contributed by atoms with E-state index >= 15 is 0 Å². The summed E-state index contributed by atoms with van der Waals surface area (Å²) in [6.07, 6.45) is 17.3. The summed E-state index contributed by atoms with van der Waals surface area (Å²) in [5.41, 5.74) is 4.49. The number of rotatable bonds is 4. The van der Waals surface area contributed by atoms with Crippen molar-refractivity contribution in [1.29, 1.82) is 0 Å². The maximum atomic E-state index is 12.9. The van der Waals surface area contributed by atoms with Gasteiger partial charge in [0.1, 0.15) is 5.54 Å². The molecule has 2 unspecified atom stereocenters. The lowest BCUT2D eigenvalue weighted by atomic mass is 9.50. The molecule has 37 heavy (non-hydrogen) atoms. The third-order valence-corrected chi connectivity index (χ3v) is 11.3. The number of fused-ring (bicyclic) bond motifs is 1. The van der Waals surface area contributed by atoms with Crippen LogP contribution < -0.4 is 10.6 Å². The van der Waals surface area contributed by atoms with Crippen molar-refractivity contribution in [3.8, 4) is 10.4 Å². The number of benzene rings is 1. The third kappa shape index (κ3) is 3.39. The van der Waals surface area contributed by atoms with Gasteiger partial charge in [0.05, 0.1) is 22.3 Å². The van der Waals surface area contributed by atoms with Crippen molar-refractivity contribution in [3.05, 3.63) is 64.6 Å². The summed E-state index contributed by atoms with van der Waals surface area (Å²) in [5.74, 6) is 2.80. The van der Waals surface area contributed by atoms with Crippen molar-refractivity contribution in [2.24, 2.45) is 22.7 Å². The second-order valence-corrected chi connectivity index (χ2v) is 13.5. The van der Waals surface area contributed by atoms with E-state index in [9.17, 15) is 4.79 Å². The Labute approximate surface area is 222 Å². The molecule has 7 heteroatoms. The van der Waals surface area contributed by atoms with Gasteiger partial charge in [-0.25, -0.2) is 9.78 Å². The fraction of sp³-hybridized carbons (Fsp3) is 0.500. The van der Waals surface area contributed by atoms with Gasteiger partial charge in [0.2, 0.25) is 0 Å². The SMILES string of the molecule is CC12CC=C(N3C(=O)NCC3c3ccc(-c4cnc(C56CC7CC(CC(C7)C5)C6)s4)cc3)C=C1NC=N2. The molecule has 7 aliphatic rings. The Morgan fingerprint density at radius 1 is 1.05 bits per heavy atom. The highest BCUT2D eigenvalue weighted by Gasteiger charge is 2.53. The van der Waals surface area contributed by atoms with Gasteiger partial charge in [-0.05, 0) is 86.8 Å². The zero-order valence-corrected chi connectivity index (χ0v) is 22.1. The molecule has 2 aromatic rings. The molecule has 2 N–H and O–H groups in total. The summed E-state index contributed by atoms with van der Waals surface area (Å²) in [4.78, 5) is 25.6. The van der Waals surface area contributed by atoms with Gasteiger partial charge < -0.3 is 10.6 Å². The molecule has 1 aromatic carbocycles. The Kier molecular flexibility index (Phi) is 4.65. The van der Waals surface area contributed by atoms with Gasteiger partial charge in [-0.2, -0.15) is 0 Å². The smallest absolute Gasteiger partial charge is 0.322 e. The fourth-order valence-electron chi connectivity index (χ4n) is 8.47. The molecule has 9 rings (SSSR count). The van der Waals surface area contributed by atoms with Crippen LogP contribution in [0.25, 0.3) is 10.4 Å². The molecule has 6 nitrogen and oxygen atoms in total. The number of carbonyl (C=O) groups is 1. The van der Waals surface area contributed by atoms with E-state index in [2.05, 4.69) is 65.2 Å². The first-order valence-corrected chi connectivity index (χ1v) is 14.7. The number of allylic oxidation sites excluding steroid dienone is 1. The van der Waals surface area contributed by atoms with E-state index < -0.39 is 0 Å². The van der Waals surface area contributed by atoms with E-state index in [4.69, 9.17) is 4.98 Å². The van der Waals surface area contributed by atoms with Crippen molar-refractivity contribution in [2.75, 3.05) is 6.54 Å². The van der Waals surface area contributed by atoms with E-state index in [0.29, 0.717) is 12.0 Å². The topological polar surface area (TPSA) is 69.6 Å². The highest BCUT2D eigenvalue weighted by atomic mass is 32.1. The van der Waals surface area contributed by atoms with Crippen molar-refractivity contribution in [3.63, 3.8) is 0 Å². The van der Waals surface area contributed by atoms with Crippen LogP contribution in [0.2, 0.25) is 0 Å². The first kappa shape index (κ1) is 22.1. The molecular weight excluding hydrogens is 478 g/mol. The van der Waals surface area contributed by atoms with Crippen LogP contribution in [-0.4, -0.2) is 34.3 Å². The molecule has 0 spiro atoms. The van der Waals surface area contributed by atoms with E-state index in [1.807, 2.05) is 16.2 Å². The molecular formula is C30H33N5OS. The molecule has 4 saturated carbocycles. The van der Waals surface area contributed by atoms with Gasteiger partial charge in [-0.1, -0.05) is 30.3 Å². The van der Waals surface area contributed by atoms with Crippen molar-refractivity contribution < 1.29 is 4.79 Å². The fourth-order valence-corrected chi connectivity index (χ4v) is 9.61. The van der Waals surface area contributed by atoms with E-state index in [1.54, 1.807) is 6.34 Å². The largest absolute Gasteiger partial charge is 0.348 e. The van der Waals surface area contributed by atoms with Crippen LogP contribution in [-0.2, 0) is 5.41 Å². The second kappa shape index (κ2) is 7.79. The summed E-state index contributed by atoms with van der Waals surface area (Å²) in [6, 6.07) is 8.74. The number of aromatic nitrogens is 1. The highest BCUT2D eigenvalue weighted by molar-refractivity contribution is 7.15. The number of urea groups is 1. The van der Waals surface area contributed by atoms with Gasteiger partial charge in [0.25, 0.3) is 0 Å². The Morgan fingerprint density at radius 2 is 1.78 bits per heavy atom. The third-order valence-electron chi connectivity index (χ3n) is 9.98. The molecule has 5 aliphatic carbocycles. The molecule has 3 heterocycles. The summed E-state index contributed by atoms with van der Waals surface area (Å²) >= 11 is 1.92. The highest BCUT2D eigenvalue weighted by Crippen LogP contribution is 2.61. The summed E-state index contributed by atoms with van der Waals surface area (Å²) in [7, 11) is 0. The van der Waals surface area contributed by atoms with Crippen LogP contribution in [0.5, 0.6) is 0 Å². The van der Waals surface area contributed by atoms with Crippen molar-refractivity contribution in [2.45, 2.75) is 68.9 Å². The zero-order chi connectivity index (χ0) is 24.8. The predicted octanol–water partition coefficient (Wildman–Crippen LogP) is 5.91. The first-order chi connectivity index (χ1) is 18.0. The maximum absolute atomic E-state index is 12.9. The predicted molar refractivity (Wildman–Crippen MR) is 146 cm³/mol. The van der Waals surface area contributed by atoms with E-state index in [1.165, 1.54) is 54.0 Å². The first-order valence-electron chi connectivity index (χ1n) is 13.8. The lowest BCUT2D eigenvalue weighted by Gasteiger charge is -2.56. The van der Waals surface area contributed by atoms with E-state index in [0.717, 1.165) is 41.1 Å². The number of thiazole rings is 1. The molecule has 2 amide bonds. The van der Waals surface area contributed by atoms with Crippen LogP contribution in [0, 0.1) is 17.8 Å². The quantitative estimate of drug-likeness (QED) is 0.537. The van der Waals surface area contributed by atoms with Crippen molar-refractivity contribution >= 4 is 23.7 Å². The average Bonchev–Trinajstić information content (AvgIpc) is 3.61. The minimum atomic E-state index is -0.235. The monoisotopic (exact) mass is 511 g/mol. The molecule has 5 fully saturated rings. The summed E-state index contributed by atoms with van der Waals surface area (Å²) in [6.45, 7) is 2.73. The molecule has 1 aromatic heterocycles. The number of hydrogen-bond donors (Lipinski definition) is 2. The van der Waals surface area contributed by atoms with Crippen molar-refractivity contribution in [1.82, 2.24) is 20.5 Å². The van der Waals surface area contributed by atoms with Gasteiger partial charge >= 0.3 is 6.03 Å². The molecule has 2 aliphatic heterocycles. The summed E-state index contributed by atoms with van der Waals surface area (Å²) < 4.78 is 0. The minimum Gasteiger partial charge on any atom is -0.348 e. The standard InChI is InChI=1S/C30H33N5OS/c1-29-7-6-23(11-26(29)33-17-34-29)35-24(15-32-28(35)36)21-2-4-22(5-3-21)25-16-31-27(37-25)30-12-18-8-19(13-30)10-20(9-18)14-30/h2-6,11,16-20,24H,7-10,12-15H2,1H3,(H,32,36)(H,33,34). The number of amides is 2. The minimum absolute atomic E-state index is 0.0274. The maximum Gasteiger partial charge on any atom is 0.322 e. The molecule has 0 radical (unpaired) electrons. The zero-order valence-electron chi connectivity index (χ0n) is 21.2.